The van der Waals surface area contributed by atoms with Crippen molar-refractivity contribution in [3.63, 3.8) is 0 Å². The van der Waals surface area contributed by atoms with E-state index >= 15 is 0 Å². The minimum atomic E-state index is 0.0268. The number of nitrogens with zero attached hydrogens (tertiary/aromatic N) is 2. The molecule has 0 amide bonds. The number of pyridine rings is 1. The third-order valence-corrected chi connectivity index (χ3v) is 7.19. The summed E-state index contributed by atoms with van der Waals surface area (Å²) in [5.74, 6) is 1.65. The van der Waals surface area contributed by atoms with E-state index in [4.69, 9.17) is 4.98 Å². The predicted octanol–water partition coefficient (Wildman–Crippen LogP) is 10.6. The van der Waals surface area contributed by atoms with Crippen molar-refractivity contribution in [1.82, 2.24) is 4.98 Å². The monoisotopic (exact) mass is 525 g/mol. The molecule has 0 fully saturated rings. The lowest BCUT2D eigenvalue weighted by atomic mass is 9.84. The average molecular weight is 526 g/mol. The molecule has 0 bridgehead atoms. The van der Waals surface area contributed by atoms with E-state index in [-0.39, 0.29) is 10.8 Å². The van der Waals surface area contributed by atoms with Crippen LogP contribution < -0.4 is 10.2 Å². The summed E-state index contributed by atoms with van der Waals surface area (Å²) in [6.45, 7) is 13.5. The summed E-state index contributed by atoms with van der Waals surface area (Å²) in [5.41, 5.74) is 8.22. The summed E-state index contributed by atoms with van der Waals surface area (Å²) >= 11 is 0. The maximum atomic E-state index is 5.11. The molecule has 0 aliphatic heterocycles. The summed E-state index contributed by atoms with van der Waals surface area (Å²) < 4.78 is 0. The Morgan fingerprint density at radius 1 is 0.575 bits per heavy atom. The molecule has 0 unspecified atom stereocenters. The third kappa shape index (κ3) is 6.10. The van der Waals surface area contributed by atoms with Crippen LogP contribution in [0.5, 0.6) is 0 Å². The highest BCUT2D eigenvalue weighted by molar-refractivity contribution is 5.88. The van der Waals surface area contributed by atoms with E-state index in [1.54, 1.807) is 0 Å². The van der Waals surface area contributed by atoms with E-state index in [0.29, 0.717) is 0 Å². The lowest BCUT2D eigenvalue weighted by Gasteiger charge is -2.30. The Hall–Kier alpha value is -4.37. The summed E-state index contributed by atoms with van der Waals surface area (Å²) in [6.07, 6.45) is 0. The van der Waals surface area contributed by atoms with Gasteiger partial charge in [-0.2, -0.15) is 0 Å². The highest BCUT2D eigenvalue weighted by Gasteiger charge is 2.23. The molecule has 0 saturated carbocycles. The first-order valence-electron chi connectivity index (χ1n) is 14.0. The van der Waals surface area contributed by atoms with Gasteiger partial charge in [-0.15, -0.1) is 0 Å². The molecule has 0 aliphatic rings. The number of anilines is 5. The number of nitrogens with one attached hydrogen (secondary N) is 1. The number of rotatable bonds is 6. The summed E-state index contributed by atoms with van der Waals surface area (Å²) in [6, 6.07) is 42.7. The fourth-order valence-electron chi connectivity index (χ4n) is 4.84. The van der Waals surface area contributed by atoms with Gasteiger partial charge in [-0.25, -0.2) is 4.98 Å². The molecule has 4 aromatic carbocycles. The molecule has 0 saturated heterocycles. The molecule has 0 aliphatic carbocycles. The summed E-state index contributed by atoms with van der Waals surface area (Å²) in [4.78, 5) is 7.39. The van der Waals surface area contributed by atoms with Gasteiger partial charge >= 0.3 is 0 Å². The molecule has 5 aromatic rings. The lowest BCUT2D eigenvalue weighted by Crippen LogP contribution is -2.16. The minimum Gasteiger partial charge on any atom is -0.340 e. The molecular formula is C37H39N3. The van der Waals surface area contributed by atoms with Crippen LogP contribution in [0.2, 0.25) is 0 Å². The topological polar surface area (TPSA) is 28.2 Å². The molecule has 202 valence electrons. The zero-order chi connectivity index (χ0) is 28.3. The molecule has 3 nitrogen and oxygen atoms in total. The zero-order valence-corrected chi connectivity index (χ0v) is 24.4. The van der Waals surface area contributed by atoms with Crippen LogP contribution in [0, 0.1) is 0 Å². The first-order chi connectivity index (χ1) is 19.1. The Morgan fingerprint density at radius 3 is 1.80 bits per heavy atom. The fourth-order valence-corrected chi connectivity index (χ4v) is 4.84. The molecule has 5 rings (SSSR count). The Kier molecular flexibility index (Phi) is 7.49. The maximum Gasteiger partial charge on any atom is 0.140 e. The Labute approximate surface area is 239 Å². The van der Waals surface area contributed by atoms with Crippen molar-refractivity contribution < 1.29 is 0 Å². The second-order valence-corrected chi connectivity index (χ2v) is 12.4. The smallest absolute Gasteiger partial charge is 0.140 e. The van der Waals surface area contributed by atoms with E-state index in [2.05, 4.69) is 149 Å². The Morgan fingerprint density at radius 2 is 1.18 bits per heavy atom. The molecule has 3 heteroatoms. The Balaban J connectivity index is 1.70. The van der Waals surface area contributed by atoms with E-state index in [1.807, 2.05) is 24.3 Å². The lowest BCUT2D eigenvalue weighted by molar-refractivity contribution is 0.590. The van der Waals surface area contributed by atoms with Gasteiger partial charge in [0.05, 0.1) is 5.69 Å². The number of hydrogen-bond acceptors (Lipinski definition) is 3. The van der Waals surface area contributed by atoms with Gasteiger partial charge in [-0.3, -0.25) is 4.90 Å². The second kappa shape index (κ2) is 11.0. The van der Waals surface area contributed by atoms with Crippen LogP contribution >= 0.6 is 0 Å². The molecule has 0 atom stereocenters. The van der Waals surface area contributed by atoms with Crippen LogP contribution in [0.25, 0.3) is 11.1 Å². The maximum absolute atomic E-state index is 5.11. The van der Waals surface area contributed by atoms with E-state index in [9.17, 15) is 0 Å². The molecule has 0 radical (unpaired) electrons. The van der Waals surface area contributed by atoms with E-state index < -0.39 is 0 Å². The second-order valence-electron chi connectivity index (χ2n) is 12.4. The van der Waals surface area contributed by atoms with Gasteiger partial charge in [0.1, 0.15) is 11.6 Å². The summed E-state index contributed by atoms with van der Waals surface area (Å²) in [7, 11) is 0. The number of benzene rings is 4. The number of aromatic nitrogens is 1. The zero-order valence-electron chi connectivity index (χ0n) is 24.4. The van der Waals surface area contributed by atoms with Gasteiger partial charge in [0.2, 0.25) is 0 Å². The van der Waals surface area contributed by atoms with Gasteiger partial charge in [-0.05, 0) is 76.1 Å². The van der Waals surface area contributed by atoms with Crippen LogP contribution in [-0.4, -0.2) is 4.98 Å². The number of hydrogen-bond donors (Lipinski definition) is 1. The normalized spacial score (nSPS) is 11.8. The Bertz CT molecular complexity index is 1560. The van der Waals surface area contributed by atoms with E-state index in [1.165, 1.54) is 22.3 Å². The first kappa shape index (κ1) is 27.2. The van der Waals surface area contributed by atoms with Gasteiger partial charge in [-0.1, -0.05) is 114 Å². The molecular weight excluding hydrogens is 486 g/mol. The van der Waals surface area contributed by atoms with Crippen LogP contribution in [0.15, 0.2) is 121 Å². The van der Waals surface area contributed by atoms with Crippen LogP contribution in [0.1, 0.15) is 52.7 Å². The third-order valence-electron chi connectivity index (χ3n) is 7.19. The van der Waals surface area contributed by atoms with Crippen molar-refractivity contribution in [1.29, 1.82) is 0 Å². The van der Waals surface area contributed by atoms with Crippen molar-refractivity contribution in [3.8, 4) is 11.1 Å². The van der Waals surface area contributed by atoms with Crippen molar-refractivity contribution in [2.45, 2.75) is 52.4 Å². The number of para-hydroxylation sites is 1. The summed E-state index contributed by atoms with van der Waals surface area (Å²) in [5, 5.41) is 3.47. The van der Waals surface area contributed by atoms with Crippen molar-refractivity contribution >= 4 is 28.7 Å². The molecule has 0 spiro atoms. The predicted molar refractivity (Wildman–Crippen MR) is 171 cm³/mol. The molecule has 1 heterocycles. The first-order valence-corrected chi connectivity index (χ1v) is 14.0. The SMILES string of the molecule is CC(C)(C)c1ccc(N(c2cccc(Nc3ccccc3)n2)c2ccc(C(C)(C)C)cc2-c2ccccc2)cc1. The fraction of sp³-hybridized carbons (Fsp3) is 0.216. The highest BCUT2D eigenvalue weighted by Crippen LogP contribution is 2.42. The average Bonchev–Trinajstić information content (AvgIpc) is 2.94. The molecule has 40 heavy (non-hydrogen) atoms. The van der Waals surface area contributed by atoms with E-state index in [0.717, 1.165) is 28.7 Å². The van der Waals surface area contributed by atoms with Crippen molar-refractivity contribution in [2.75, 3.05) is 10.2 Å². The largest absolute Gasteiger partial charge is 0.340 e. The minimum absolute atomic E-state index is 0.0268. The van der Waals surface area contributed by atoms with Gasteiger partial charge in [0, 0.05) is 16.9 Å². The van der Waals surface area contributed by atoms with Gasteiger partial charge < -0.3 is 5.32 Å². The van der Waals surface area contributed by atoms with Crippen LogP contribution in [-0.2, 0) is 10.8 Å². The quantitative estimate of drug-likeness (QED) is 0.239. The molecule has 1 aromatic heterocycles. The highest BCUT2D eigenvalue weighted by atomic mass is 15.2. The van der Waals surface area contributed by atoms with Crippen molar-refractivity contribution in [3.05, 3.63) is 132 Å². The molecule has 1 N–H and O–H groups in total. The van der Waals surface area contributed by atoms with Gasteiger partial charge in [0.25, 0.3) is 0 Å². The van der Waals surface area contributed by atoms with Crippen molar-refractivity contribution in [2.24, 2.45) is 0 Å². The standard InChI is InChI=1S/C37H39N3/c1-36(2,3)28-20-23-31(24-21-28)40(35-19-13-18-34(39-35)38-30-16-11-8-12-17-30)33-25-22-29(37(4,5)6)26-32(33)27-14-9-7-10-15-27/h7-26H,1-6H3,(H,38,39). The van der Waals surface area contributed by atoms with Crippen LogP contribution in [0.3, 0.4) is 0 Å². The van der Waals surface area contributed by atoms with Crippen LogP contribution in [0.4, 0.5) is 28.7 Å². The van der Waals surface area contributed by atoms with Gasteiger partial charge in [0.15, 0.2) is 0 Å².